The summed E-state index contributed by atoms with van der Waals surface area (Å²) in [4.78, 5) is 0. The zero-order chi connectivity index (χ0) is 6.69. The summed E-state index contributed by atoms with van der Waals surface area (Å²) in [5, 5.41) is 0. The SMILES string of the molecule is C/C=C(\C)C1C=CCC1. The van der Waals surface area contributed by atoms with E-state index in [0.717, 1.165) is 5.92 Å². The van der Waals surface area contributed by atoms with E-state index in [1.165, 1.54) is 18.4 Å². The van der Waals surface area contributed by atoms with Gasteiger partial charge in [0.15, 0.2) is 0 Å². The van der Waals surface area contributed by atoms with Crippen LogP contribution in [-0.4, -0.2) is 0 Å². The molecular weight excluding hydrogens is 108 g/mol. The molecule has 1 aliphatic rings. The first-order chi connectivity index (χ1) is 4.34. The van der Waals surface area contributed by atoms with Gasteiger partial charge in [0, 0.05) is 0 Å². The fraction of sp³-hybridized carbons (Fsp3) is 0.556. The van der Waals surface area contributed by atoms with Gasteiger partial charge in [-0.1, -0.05) is 23.8 Å². The fourth-order valence-corrected chi connectivity index (χ4v) is 1.23. The molecule has 0 aromatic heterocycles. The lowest BCUT2D eigenvalue weighted by Gasteiger charge is -2.05. The maximum absolute atomic E-state index is 2.31. The number of allylic oxidation sites excluding steroid dienone is 4. The van der Waals surface area contributed by atoms with Gasteiger partial charge in [-0.15, -0.1) is 0 Å². The largest absolute Gasteiger partial charge is 0.0881 e. The van der Waals surface area contributed by atoms with Crippen molar-refractivity contribution in [2.75, 3.05) is 0 Å². The Morgan fingerprint density at radius 1 is 1.67 bits per heavy atom. The quantitative estimate of drug-likeness (QED) is 0.469. The molecule has 1 unspecified atom stereocenters. The first kappa shape index (κ1) is 6.60. The van der Waals surface area contributed by atoms with Gasteiger partial charge >= 0.3 is 0 Å². The van der Waals surface area contributed by atoms with Crippen LogP contribution in [0, 0.1) is 5.92 Å². The van der Waals surface area contributed by atoms with Crippen LogP contribution in [0.1, 0.15) is 26.7 Å². The molecule has 0 saturated carbocycles. The van der Waals surface area contributed by atoms with E-state index in [4.69, 9.17) is 0 Å². The average Bonchev–Trinajstić information content (AvgIpc) is 2.37. The summed E-state index contributed by atoms with van der Waals surface area (Å²) >= 11 is 0. The third kappa shape index (κ3) is 1.44. The van der Waals surface area contributed by atoms with Crippen molar-refractivity contribution in [2.45, 2.75) is 26.7 Å². The summed E-state index contributed by atoms with van der Waals surface area (Å²) in [6, 6.07) is 0. The molecule has 0 heterocycles. The molecule has 0 bridgehead atoms. The van der Waals surface area contributed by atoms with Gasteiger partial charge in [-0.05, 0) is 32.6 Å². The van der Waals surface area contributed by atoms with Crippen molar-refractivity contribution in [1.29, 1.82) is 0 Å². The van der Waals surface area contributed by atoms with Crippen molar-refractivity contribution in [2.24, 2.45) is 5.92 Å². The van der Waals surface area contributed by atoms with Gasteiger partial charge in [0.1, 0.15) is 0 Å². The van der Waals surface area contributed by atoms with Crippen LogP contribution >= 0.6 is 0 Å². The van der Waals surface area contributed by atoms with Crippen molar-refractivity contribution in [3.05, 3.63) is 23.8 Å². The van der Waals surface area contributed by atoms with Crippen LogP contribution in [0.25, 0.3) is 0 Å². The second-order valence-electron chi connectivity index (χ2n) is 2.64. The van der Waals surface area contributed by atoms with Gasteiger partial charge in [-0.3, -0.25) is 0 Å². The first-order valence-corrected chi connectivity index (χ1v) is 3.64. The molecule has 0 fully saturated rings. The summed E-state index contributed by atoms with van der Waals surface area (Å²) < 4.78 is 0. The Hall–Kier alpha value is -0.520. The molecule has 1 rings (SSSR count). The predicted molar refractivity (Wildman–Crippen MR) is 41.3 cm³/mol. The molecule has 0 N–H and O–H groups in total. The van der Waals surface area contributed by atoms with E-state index >= 15 is 0 Å². The summed E-state index contributed by atoms with van der Waals surface area (Å²) in [7, 11) is 0. The monoisotopic (exact) mass is 122 g/mol. The Labute approximate surface area is 57.3 Å². The second-order valence-corrected chi connectivity index (χ2v) is 2.64. The lowest BCUT2D eigenvalue weighted by Crippen LogP contribution is -1.91. The van der Waals surface area contributed by atoms with Gasteiger partial charge < -0.3 is 0 Å². The Morgan fingerprint density at radius 3 is 2.89 bits per heavy atom. The average molecular weight is 122 g/mol. The molecule has 1 atom stereocenters. The molecule has 0 aliphatic heterocycles. The van der Waals surface area contributed by atoms with Gasteiger partial charge in [0.05, 0.1) is 0 Å². The van der Waals surface area contributed by atoms with E-state index in [2.05, 4.69) is 32.1 Å². The van der Waals surface area contributed by atoms with E-state index in [-0.39, 0.29) is 0 Å². The highest BCUT2D eigenvalue weighted by Crippen LogP contribution is 2.23. The van der Waals surface area contributed by atoms with Crippen LogP contribution in [0.5, 0.6) is 0 Å². The Balaban J connectivity index is 2.53. The van der Waals surface area contributed by atoms with E-state index < -0.39 is 0 Å². The normalized spacial score (nSPS) is 27.3. The van der Waals surface area contributed by atoms with Gasteiger partial charge in [0.2, 0.25) is 0 Å². The van der Waals surface area contributed by atoms with Crippen molar-refractivity contribution < 1.29 is 0 Å². The zero-order valence-corrected chi connectivity index (χ0v) is 6.22. The number of hydrogen-bond donors (Lipinski definition) is 0. The maximum atomic E-state index is 2.31. The first-order valence-electron chi connectivity index (χ1n) is 3.64. The van der Waals surface area contributed by atoms with Crippen molar-refractivity contribution >= 4 is 0 Å². The van der Waals surface area contributed by atoms with Crippen LogP contribution in [-0.2, 0) is 0 Å². The van der Waals surface area contributed by atoms with Crippen LogP contribution in [0.15, 0.2) is 23.8 Å². The molecule has 0 aromatic carbocycles. The summed E-state index contributed by atoms with van der Waals surface area (Å²) in [6.45, 7) is 4.32. The molecule has 50 valence electrons. The van der Waals surface area contributed by atoms with Gasteiger partial charge in [-0.25, -0.2) is 0 Å². The summed E-state index contributed by atoms with van der Waals surface area (Å²) in [5.74, 6) is 0.759. The van der Waals surface area contributed by atoms with E-state index in [0.29, 0.717) is 0 Å². The molecule has 0 aromatic rings. The predicted octanol–water partition coefficient (Wildman–Crippen LogP) is 2.92. The minimum absolute atomic E-state index is 0.759. The Kier molecular flexibility index (Phi) is 2.10. The molecule has 0 saturated heterocycles. The van der Waals surface area contributed by atoms with E-state index in [9.17, 15) is 0 Å². The van der Waals surface area contributed by atoms with E-state index in [1.807, 2.05) is 0 Å². The number of rotatable bonds is 1. The highest BCUT2D eigenvalue weighted by Gasteiger charge is 2.08. The van der Waals surface area contributed by atoms with Crippen molar-refractivity contribution in [3.63, 3.8) is 0 Å². The topological polar surface area (TPSA) is 0 Å². The zero-order valence-electron chi connectivity index (χ0n) is 6.22. The number of hydrogen-bond acceptors (Lipinski definition) is 0. The molecule has 1 aliphatic carbocycles. The molecule has 0 spiro atoms. The Morgan fingerprint density at radius 2 is 2.44 bits per heavy atom. The van der Waals surface area contributed by atoms with Gasteiger partial charge in [-0.2, -0.15) is 0 Å². The smallest absolute Gasteiger partial charge is 0.00232 e. The standard InChI is InChI=1S/C9H14/c1-3-8(2)9-6-4-5-7-9/h3-4,6,9H,5,7H2,1-2H3/b8-3+. The molecule has 0 radical (unpaired) electrons. The fourth-order valence-electron chi connectivity index (χ4n) is 1.23. The summed E-state index contributed by atoms with van der Waals surface area (Å²) in [6.07, 6.45) is 9.40. The van der Waals surface area contributed by atoms with E-state index in [1.54, 1.807) is 0 Å². The third-order valence-electron chi connectivity index (χ3n) is 2.05. The van der Waals surface area contributed by atoms with Crippen LogP contribution in [0.3, 0.4) is 0 Å². The summed E-state index contributed by atoms with van der Waals surface area (Å²) in [5.41, 5.74) is 1.52. The molecular formula is C9H14. The second kappa shape index (κ2) is 2.86. The Bertz CT molecular complexity index is 140. The molecule has 0 heteroatoms. The lowest BCUT2D eigenvalue weighted by molar-refractivity contribution is 0.727. The minimum Gasteiger partial charge on any atom is -0.0881 e. The van der Waals surface area contributed by atoms with Gasteiger partial charge in [0.25, 0.3) is 0 Å². The maximum Gasteiger partial charge on any atom is -0.00232 e. The van der Waals surface area contributed by atoms with Crippen LogP contribution < -0.4 is 0 Å². The minimum atomic E-state index is 0.759. The molecule has 9 heavy (non-hydrogen) atoms. The van der Waals surface area contributed by atoms with Crippen LogP contribution in [0.4, 0.5) is 0 Å². The highest BCUT2D eigenvalue weighted by molar-refractivity contribution is 5.13. The lowest BCUT2D eigenvalue weighted by atomic mass is 10.0. The van der Waals surface area contributed by atoms with Crippen LogP contribution in [0.2, 0.25) is 0 Å². The third-order valence-corrected chi connectivity index (χ3v) is 2.05. The highest BCUT2D eigenvalue weighted by atomic mass is 14.1. The van der Waals surface area contributed by atoms with Crippen molar-refractivity contribution in [1.82, 2.24) is 0 Å². The molecule has 0 amide bonds. The molecule has 0 nitrogen and oxygen atoms in total. The van der Waals surface area contributed by atoms with Crippen molar-refractivity contribution in [3.8, 4) is 0 Å².